The van der Waals surface area contributed by atoms with Crippen LogP contribution in [0.2, 0.25) is 5.02 Å². The molecule has 2 aromatic carbocycles. The molecule has 24 heavy (non-hydrogen) atoms. The summed E-state index contributed by atoms with van der Waals surface area (Å²) in [6, 6.07) is 15.6. The summed E-state index contributed by atoms with van der Waals surface area (Å²) in [7, 11) is 5.75. The maximum Gasteiger partial charge on any atom is 0.170 e. The van der Waals surface area contributed by atoms with Crippen LogP contribution in [0.25, 0.3) is 0 Å². The number of ether oxygens (including phenoxy) is 1. The number of thiocarbonyl (C=S) groups is 1. The van der Waals surface area contributed by atoms with Gasteiger partial charge in [-0.25, -0.2) is 0 Å². The third-order valence-electron chi connectivity index (χ3n) is 3.70. The number of nitrogens with zero attached hydrogens (tertiary/aromatic N) is 1. The van der Waals surface area contributed by atoms with Gasteiger partial charge in [0.15, 0.2) is 5.11 Å². The van der Waals surface area contributed by atoms with E-state index in [1.165, 1.54) is 0 Å². The second-order valence-corrected chi connectivity index (χ2v) is 6.35. The molecule has 0 aromatic heterocycles. The zero-order valence-corrected chi connectivity index (χ0v) is 15.6. The minimum Gasteiger partial charge on any atom is -0.496 e. The molecule has 0 aliphatic rings. The van der Waals surface area contributed by atoms with E-state index >= 15 is 0 Å². The van der Waals surface area contributed by atoms with E-state index in [0.29, 0.717) is 16.7 Å². The van der Waals surface area contributed by atoms with E-state index in [1.807, 2.05) is 56.6 Å². The molecule has 2 N–H and O–H groups in total. The Morgan fingerprint density at radius 2 is 1.83 bits per heavy atom. The lowest BCUT2D eigenvalue weighted by Gasteiger charge is -2.27. The molecule has 0 unspecified atom stereocenters. The zero-order chi connectivity index (χ0) is 17.5. The first-order chi connectivity index (χ1) is 11.5. The molecule has 4 nitrogen and oxygen atoms in total. The van der Waals surface area contributed by atoms with Crippen molar-refractivity contribution in [3.05, 3.63) is 59.1 Å². The Labute approximate surface area is 153 Å². The average Bonchev–Trinajstić information content (AvgIpc) is 2.57. The van der Waals surface area contributed by atoms with Gasteiger partial charge in [-0.2, -0.15) is 0 Å². The molecule has 0 fully saturated rings. The molecule has 0 radical (unpaired) electrons. The maximum absolute atomic E-state index is 6.14. The van der Waals surface area contributed by atoms with Crippen molar-refractivity contribution in [2.24, 2.45) is 0 Å². The fraction of sp³-hybridized carbons (Fsp3) is 0.278. The first kappa shape index (κ1) is 18.5. The molecule has 2 aromatic rings. The number of hydrogen-bond donors (Lipinski definition) is 2. The van der Waals surface area contributed by atoms with Gasteiger partial charge in [0.1, 0.15) is 5.75 Å². The lowest BCUT2D eigenvalue weighted by molar-refractivity contribution is 0.288. The van der Waals surface area contributed by atoms with E-state index in [2.05, 4.69) is 21.6 Å². The van der Waals surface area contributed by atoms with Crippen molar-refractivity contribution < 1.29 is 4.74 Å². The molecular formula is C18H22ClN3OS. The third kappa shape index (κ3) is 4.84. The number of hydrogen-bond acceptors (Lipinski definition) is 3. The van der Waals surface area contributed by atoms with E-state index in [1.54, 1.807) is 7.11 Å². The summed E-state index contributed by atoms with van der Waals surface area (Å²) in [5, 5.41) is 7.54. The van der Waals surface area contributed by atoms with Crippen LogP contribution in [-0.2, 0) is 0 Å². The molecule has 0 saturated heterocycles. The van der Waals surface area contributed by atoms with Crippen LogP contribution in [-0.4, -0.2) is 37.8 Å². The zero-order valence-electron chi connectivity index (χ0n) is 14.0. The minimum atomic E-state index is 0.118. The summed E-state index contributed by atoms with van der Waals surface area (Å²) in [6.45, 7) is 0.643. The van der Waals surface area contributed by atoms with Gasteiger partial charge in [-0.15, -0.1) is 0 Å². The topological polar surface area (TPSA) is 36.5 Å². The van der Waals surface area contributed by atoms with Gasteiger partial charge < -0.3 is 20.3 Å². The summed E-state index contributed by atoms with van der Waals surface area (Å²) in [5.41, 5.74) is 1.90. The highest BCUT2D eigenvalue weighted by atomic mass is 35.5. The second kappa shape index (κ2) is 8.87. The molecule has 0 aliphatic carbocycles. The predicted molar refractivity (Wildman–Crippen MR) is 105 cm³/mol. The van der Waals surface area contributed by atoms with Gasteiger partial charge in [0.25, 0.3) is 0 Å². The Morgan fingerprint density at radius 3 is 2.50 bits per heavy atom. The largest absolute Gasteiger partial charge is 0.496 e. The van der Waals surface area contributed by atoms with E-state index in [4.69, 9.17) is 28.6 Å². The molecule has 0 spiro atoms. The average molecular weight is 364 g/mol. The van der Waals surface area contributed by atoms with Gasteiger partial charge in [-0.05, 0) is 44.5 Å². The fourth-order valence-corrected chi connectivity index (χ4v) is 2.81. The van der Waals surface area contributed by atoms with Crippen molar-refractivity contribution in [3.8, 4) is 5.75 Å². The van der Waals surface area contributed by atoms with Crippen molar-refractivity contribution in [1.29, 1.82) is 0 Å². The number of benzene rings is 2. The van der Waals surface area contributed by atoms with Gasteiger partial charge in [0.2, 0.25) is 0 Å². The van der Waals surface area contributed by atoms with Gasteiger partial charge in [0.05, 0.1) is 23.9 Å². The molecule has 1 atom stereocenters. The van der Waals surface area contributed by atoms with E-state index in [-0.39, 0.29) is 6.04 Å². The smallest absolute Gasteiger partial charge is 0.170 e. The minimum absolute atomic E-state index is 0.118. The fourth-order valence-electron chi connectivity index (χ4n) is 2.43. The highest BCUT2D eigenvalue weighted by Crippen LogP contribution is 2.27. The van der Waals surface area contributed by atoms with E-state index in [0.717, 1.165) is 17.0 Å². The quantitative estimate of drug-likeness (QED) is 0.760. The highest BCUT2D eigenvalue weighted by molar-refractivity contribution is 7.80. The van der Waals surface area contributed by atoms with Crippen molar-refractivity contribution in [2.45, 2.75) is 6.04 Å². The third-order valence-corrected chi connectivity index (χ3v) is 4.28. The molecule has 6 heteroatoms. The molecule has 0 aliphatic heterocycles. The standard InChI is InChI=1S/C18H22ClN3OS/c1-22(2)16(13-8-4-7-11-17(13)23-3)12-20-18(24)21-15-10-6-5-9-14(15)19/h4-11,16H,12H2,1-3H3,(H2,20,21,24)/t16-/m1/s1. The van der Waals surface area contributed by atoms with Gasteiger partial charge in [-0.1, -0.05) is 41.9 Å². The van der Waals surface area contributed by atoms with Crippen LogP contribution in [0.3, 0.4) is 0 Å². The van der Waals surface area contributed by atoms with Crippen LogP contribution in [0.15, 0.2) is 48.5 Å². The SMILES string of the molecule is COc1ccccc1[C@@H](CNC(=S)Nc1ccccc1Cl)N(C)C. The van der Waals surface area contributed by atoms with Crippen molar-refractivity contribution in [2.75, 3.05) is 33.1 Å². The molecule has 0 saturated carbocycles. The summed E-state index contributed by atoms with van der Waals surface area (Å²) in [5.74, 6) is 0.864. The van der Waals surface area contributed by atoms with Crippen LogP contribution in [0, 0.1) is 0 Å². The Morgan fingerprint density at radius 1 is 1.17 bits per heavy atom. The first-order valence-corrected chi connectivity index (χ1v) is 8.40. The maximum atomic E-state index is 6.14. The van der Waals surface area contributed by atoms with Crippen LogP contribution in [0.5, 0.6) is 5.75 Å². The monoisotopic (exact) mass is 363 g/mol. The molecule has 0 bridgehead atoms. The number of anilines is 1. The van der Waals surface area contributed by atoms with Gasteiger partial charge in [0, 0.05) is 12.1 Å². The molecule has 0 heterocycles. The van der Waals surface area contributed by atoms with E-state index in [9.17, 15) is 0 Å². The highest BCUT2D eigenvalue weighted by Gasteiger charge is 2.18. The summed E-state index contributed by atoms with van der Waals surface area (Å²) in [6.07, 6.45) is 0. The lowest BCUT2D eigenvalue weighted by atomic mass is 10.0. The molecule has 128 valence electrons. The summed E-state index contributed by atoms with van der Waals surface area (Å²) < 4.78 is 5.47. The number of rotatable bonds is 6. The van der Waals surface area contributed by atoms with Crippen LogP contribution in [0.1, 0.15) is 11.6 Å². The first-order valence-electron chi connectivity index (χ1n) is 7.61. The van der Waals surface area contributed by atoms with Gasteiger partial charge in [-0.3, -0.25) is 0 Å². The van der Waals surface area contributed by atoms with Crippen LogP contribution >= 0.6 is 23.8 Å². The summed E-state index contributed by atoms with van der Waals surface area (Å²) in [4.78, 5) is 2.13. The Balaban J connectivity index is 2.04. The van der Waals surface area contributed by atoms with E-state index < -0.39 is 0 Å². The lowest BCUT2D eigenvalue weighted by Crippen LogP contribution is -2.36. The Bertz CT molecular complexity index is 693. The Kier molecular flexibility index (Phi) is 6.85. The van der Waals surface area contributed by atoms with Crippen molar-refractivity contribution >= 4 is 34.6 Å². The van der Waals surface area contributed by atoms with Gasteiger partial charge >= 0.3 is 0 Å². The molecule has 0 amide bonds. The second-order valence-electron chi connectivity index (χ2n) is 5.54. The normalized spacial score (nSPS) is 11.9. The van der Waals surface area contributed by atoms with Crippen LogP contribution < -0.4 is 15.4 Å². The van der Waals surface area contributed by atoms with Crippen LogP contribution in [0.4, 0.5) is 5.69 Å². The number of halogens is 1. The number of methoxy groups -OCH3 is 1. The van der Waals surface area contributed by atoms with Crippen molar-refractivity contribution in [3.63, 3.8) is 0 Å². The Hall–Kier alpha value is -1.82. The predicted octanol–water partition coefficient (Wildman–Crippen LogP) is 3.94. The number of para-hydroxylation sites is 2. The summed E-state index contributed by atoms with van der Waals surface area (Å²) >= 11 is 11.5. The number of likely N-dealkylation sites (N-methyl/N-ethyl adjacent to an activating group) is 1. The number of nitrogens with one attached hydrogen (secondary N) is 2. The molecule has 2 rings (SSSR count). The van der Waals surface area contributed by atoms with Crippen molar-refractivity contribution in [1.82, 2.24) is 10.2 Å². The molecular weight excluding hydrogens is 342 g/mol.